The lowest BCUT2D eigenvalue weighted by atomic mass is 10.2. The molecular formula is C23H20N2O3S. The monoisotopic (exact) mass is 404 g/mol. The van der Waals surface area contributed by atoms with Crippen molar-refractivity contribution >= 4 is 17.2 Å². The van der Waals surface area contributed by atoms with E-state index in [4.69, 9.17) is 15.9 Å². The highest BCUT2D eigenvalue weighted by Crippen LogP contribution is 2.27. The maximum atomic E-state index is 12.9. The number of aromatic nitrogens is 1. The highest BCUT2D eigenvalue weighted by Gasteiger charge is 2.26. The molecule has 6 heteroatoms. The van der Waals surface area contributed by atoms with Gasteiger partial charge in [-0.25, -0.2) is 0 Å². The van der Waals surface area contributed by atoms with E-state index >= 15 is 0 Å². The van der Waals surface area contributed by atoms with Gasteiger partial charge in [0.2, 0.25) is 0 Å². The third-order valence-electron chi connectivity index (χ3n) is 4.60. The number of ether oxygens (including phenoxy) is 2. The molecule has 1 fully saturated rings. The number of nitrogens with zero attached hydrogens (tertiary/aromatic N) is 2. The Balaban J connectivity index is 1.37. The minimum Gasteiger partial charge on any atom is -0.491 e. The second-order valence-corrected chi connectivity index (χ2v) is 7.69. The molecule has 0 spiro atoms. The summed E-state index contributed by atoms with van der Waals surface area (Å²) in [7, 11) is 0. The normalized spacial score (nSPS) is 16.2. The van der Waals surface area contributed by atoms with E-state index in [9.17, 15) is 4.79 Å². The van der Waals surface area contributed by atoms with Crippen molar-refractivity contribution in [1.29, 1.82) is 0 Å². The van der Waals surface area contributed by atoms with Crippen molar-refractivity contribution in [1.82, 2.24) is 9.88 Å². The van der Waals surface area contributed by atoms with E-state index in [1.807, 2.05) is 59.5 Å². The molecular weight excluding hydrogens is 384 g/mol. The largest absolute Gasteiger partial charge is 0.491 e. The molecule has 0 aliphatic carbocycles. The number of thiophene rings is 1. The number of rotatable bonds is 5. The number of terminal acetylenes is 1. The Morgan fingerprint density at radius 1 is 1.28 bits per heavy atom. The van der Waals surface area contributed by atoms with Gasteiger partial charge in [-0.2, -0.15) is 0 Å². The third-order valence-corrected chi connectivity index (χ3v) is 5.69. The summed E-state index contributed by atoms with van der Waals surface area (Å²) >= 11 is 1.46. The van der Waals surface area contributed by atoms with Crippen LogP contribution < -0.4 is 4.74 Å². The molecule has 0 saturated carbocycles. The number of hydrogen-bond donors (Lipinski definition) is 0. The lowest BCUT2D eigenvalue weighted by Crippen LogP contribution is -2.47. The van der Waals surface area contributed by atoms with Gasteiger partial charge in [-0.05, 0) is 42.5 Å². The van der Waals surface area contributed by atoms with Gasteiger partial charge in [-0.1, -0.05) is 18.1 Å². The van der Waals surface area contributed by atoms with E-state index in [1.165, 1.54) is 11.3 Å². The number of carbonyl (C=O) groups excluding carboxylic acids is 1. The lowest BCUT2D eigenvalue weighted by molar-refractivity contribution is -0.0400. The summed E-state index contributed by atoms with van der Waals surface area (Å²) in [4.78, 5) is 20.8. The fourth-order valence-electron chi connectivity index (χ4n) is 3.12. The highest BCUT2D eigenvalue weighted by atomic mass is 32.1. The van der Waals surface area contributed by atoms with Gasteiger partial charge >= 0.3 is 0 Å². The molecule has 3 aromatic rings. The molecule has 1 aliphatic heterocycles. The van der Waals surface area contributed by atoms with Crippen molar-refractivity contribution in [3.63, 3.8) is 0 Å². The highest BCUT2D eigenvalue weighted by molar-refractivity contribution is 7.17. The first kappa shape index (κ1) is 19.2. The Bertz CT molecular complexity index is 1030. The van der Waals surface area contributed by atoms with Crippen LogP contribution in [0.15, 0.2) is 60.8 Å². The average molecular weight is 404 g/mol. The van der Waals surface area contributed by atoms with Crippen LogP contribution in [0.2, 0.25) is 0 Å². The minimum atomic E-state index is -0.183. The molecule has 1 aromatic carbocycles. The Kier molecular flexibility index (Phi) is 5.89. The molecule has 3 heterocycles. The summed E-state index contributed by atoms with van der Waals surface area (Å²) in [5.41, 5.74) is 1.64. The van der Waals surface area contributed by atoms with Crippen LogP contribution in [0.25, 0.3) is 10.6 Å². The molecule has 1 saturated heterocycles. The second-order valence-electron chi connectivity index (χ2n) is 6.61. The van der Waals surface area contributed by atoms with Gasteiger partial charge in [0.05, 0.1) is 28.6 Å². The van der Waals surface area contributed by atoms with E-state index in [-0.39, 0.29) is 12.0 Å². The summed E-state index contributed by atoms with van der Waals surface area (Å²) in [5, 5.41) is 0. The second kappa shape index (κ2) is 8.91. The summed E-state index contributed by atoms with van der Waals surface area (Å²) in [6.07, 6.45) is 7.00. The SMILES string of the molecule is C#Cc1cccc(OCC2CN(C(=O)c3ccc(-c4ccccn4)s3)CCO2)c1. The number of hydrogen-bond acceptors (Lipinski definition) is 5. The van der Waals surface area contributed by atoms with Crippen molar-refractivity contribution in [2.45, 2.75) is 6.10 Å². The molecule has 5 nitrogen and oxygen atoms in total. The first-order valence-electron chi connectivity index (χ1n) is 9.34. The number of benzene rings is 1. The molecule has 2 aromatic heterocycles. The van der Waals surface area contributed by atoms with Crippen molar-refractivity contribution in [2.24, 2.45) is 0 Å². The van der Waals surface area contributed by atoms with Gasteiger partial charge in [0, 0.05) is 18.3 Å². The summed E-state index contributed by atoms with van der Waals surface area (Å²) in [6, 6.07) is 17.0. The van der Waals surface area contributed by atoms with Crippen LogP contribution in [0.5, 0.6) is 5.75 Å². The first-order chi connectivity index (χ1) is 14.2. The van der Waals surface area contributed by atoms with Crippen molar-refractivity contribution in [3.8, 4) is 28.7 Å². The van der Waals surface area contributed by atoms with Crippen molar-refractivity contribution in [3.05, 3.63) is 71.2 Å². The van der Waals surface area contributed by atoms with Gasteiger partial charge < -0.3 is 14.4 Å². The molecule has 0 N–H and O–H groups in total. The molecule has 1 aliphatic rings. The number of morpholine rings is 1. The van der Waals surface area contributed by atoms with Crippen LogP contribution in [-0.2, 0) is 4.74 Å². The standard InChI is InChI=1S/C23H20N2O3S/c1-2-17-6-5-7-18(14-17)28-16-19-15-25(12-13-27-19)23(26)22-10-9-21(29-22)20-8-3-4-11-24-20/h1,3-11,14,19H,12-13,15-16H2. The Morgan fingerprint density at radius 2 is 2.21 bits per heavy atom. The predicted molar refractivity (Wildman–Crippen MR) is 113 cm³/mol. The van der Waals surface area contributed by atoms with Crippen molar-refractivity contribution < 1.29 is 14.3 Å². The molecule has 1 amide bonds. The fourth-order valence-corrected chi connectivity index (χ4v) is 4.08. The molecule has 0 bridgehead atoms. The van der Waals surface area contributed by atoms with E-state index < -0.39 is 0 Å². The number of pyridine rings is 1. The summed E-state index contributed by atoms with van der Waals surface area (Å²) in [6.45, 7) is 1.91. The zero-order chi connectivity index (χ0) is 20.1. The van der Waals surface area contributed by atoms with Crippen LogP contribution in [0.1, 0.15) is 15.2 Å². The Morgan fingerprint density at radius 3 is 3.03 bits per heavy atom. The van der Waals surface area contributed by atoms with Gasteiger partial charge in [0.15, 0.2) is 0 Å². The first-order valence-corrected chi connectivity index (χ1v) is 10.2. The minimum absolute atomic E-state index is 0.0137. The molecule has 29 heavy (non-hydrogen) atoms. The van der Waals surface area contributed by atoms with Gasteiger partial charge in [-0.15, -0.1) is 17.8 Å². The Labute approximate surface area is 173 Å². The topological polar surface area (TPSA) is 51.7 Å². The van der Waals surface area contributed by atoms with E-state index in [0.717, 1.165) is 16.1 Å². The molecule has 1 unspecified atom stereocenters. The molecule has 4 rings (SSSR count). The zero-order valence-corrected chi connectivity index (χ0v) is 16.6. The Hall–Kier alpha value is -3.14. The van der Waals surface area contributed by atoms with E-state index in [0.29, 0.717) is 36.9 Å². The number of carbonyl (C=O) groups is 1. The fraction of sp³-hybridized carbons (Fsp3) is 0.217. The van der Waals surface area contributed by atoms with Gasteiger partial charge in [0.25, 0.3) is 5.91 Å². The summed E-state index contributed by atoms with van der Waals surface area (Å²) < 4.78 is 11.6. The van der Waals surface area contributed by atoms with Crippen LogP contribution in [0, 0.1) is 12.3 Å². The average Bonchev–Trinajstić information content (AvgIpc) is 3.28. The van der Waals surface area contributed by atoms with Crippen LogP contribution in [0.3, 0.4) is 0 Å². The predicted octanol–water partition coefficient (Wildman–Crippen LogP) is 3.71. The zero-order valence-electron chi connectivity index (χ0n) is 15.8. The van der Waals surface area contributed by atoms with E-state index in [1.54, 1.807) is 6.20 Å². The van der Waals surface area contributed by atoms with Crippen LogP contribution in [0.4, 0.5) is 0 Å². The maximum Gasteiger partial charge on any atom is 0.264 e. The van der Waals surface area contributed by atoms with Gasteiger partial charge in [0.1, 0.15) is 18.5 Å². The third kappa shape index (κ3) is 4.65. The quantitative estimate of drug-likeness (QED) is 0.609. The number of amides is 1. The molecule has 146 valence electrons. The molecule has 0 radical (unpaired) electrons. The smallest absolute Gasteiger partial charge is 0.264 e. The van der Waals surface area contributed by atoms with Gasteiger partial charge in [-0.3, -0.25) is 9.78 Å². The van der Waals surface area contributed by atoms with E-state index in [2.05, 4.69) is 10.9 Å². The van der Waals surface area contributed by atoms with Crippen LogP contribution >= 0.6 is 11.3 Å². The maximum absolute atomic E-state index is 12.9. The molecule has 1 atom stereocenters. The summed E-state index contributed by atoms with van der Waals surface area (Å²) in [5.74, 6) is 3.31. The lowest BCUT2D eigenvalue weighted by Gasteiger charge is -2.32. The van der Waals surface area contributed by atoms with Crippen LogP contribution in [-0.4, -0.2) is 48.2 Å². The van der Waals surface area contributed by atoms with Crippen molar-refractivity contribution in [2.75, 3.05) is 26.3 Å².